The summed E-state index contributed by atoms with van der Waals surface area (Å²) in [6.45, 7) is 0. The van der Waals surface area contributed by atoms with Crippen molar-refractivity contribution in [3.8, 4) is 33.9 Å². The normalized spacial score (nSPS) is 12.0. The van der Waals surface area contributed by atoms with Crippen LogP contribution in [0.4, 0.5) is 0 Å². The summed E-state index contributed by atoms with van der Waals surface area (Å²) in [4.78, 5) is 14.1. The minimum absolute atomic E-state index is 0.139. The summed E-state index contributed by atoms with van der Waals surface area (Å²) >= 11 is 6.60. The number of nitrogens with zero attached hydrogens (tertiary/aromatic N) is 3. The van der Waals surface area contributed by atoms with Gasteiger partial charge in [0.1, 0.15) is 22.3 Å². The highest BCUT2D eigenvalue weighted by atomic mass is 35.5. The summed E-state index contributed by atoms with van der Waals surface area (Å²) in [5, 5.41) is 11.5. The van der Waals surface area contributed by atoms with Crippen LogP contribution in [0.15, 0.2) is 154 Å². The van der Waals surface area contributed by atoms with E-state index in [0.717, 1.165) is 71.5 Å². The lowest BCUT2D eigenvalue weighted by atomic mass is 9.93. The number of benzene rings is 8. The van der Waals surface area contributed by atoms with Crippen molar-refractivity contribution in [1.29, 1.82) is 0 Å². The Labute approximate surface area is 295 Å². The van der Waals surface area contributed by atoms with Crippen LogP contribution < -0.4 is 0 Å². The van der Waals surface area contributed by atoms with Crippen molar-refractivity contribution >= 4 is 87.8 Å². The third-order valence-corrected chi connectivity index (χ3v) is 10.2. The van der Waals surface area contributed by atoms with E-state index >= 15 is 0 Å². The van der Waals surface area contributed by atoms with Gasteiger partial charge < -0.3 is 8.83 Å². The second-order valence-electron chi connectivity index (χ2n) is 12.9. The first-order valence-electron chi connectivity index (χ1n) is 16.8. The minimum atomic E-state index is 0.139. The topological polar surface area (TPSA) is 65.0 Å². The van der Waals surface area contributed by atoms with Crippen molar-refractivity contribution in [3.63, 3.8) is 0 Å². The molecule has 0 spiro atoms. The molecule has 3 heterocycles. The van der Waals surface area contributed by atoms with Crippen LogP contribution in [-0.2, 0) is 0 Å². The molecule has 0 saturated heterocycles. The first kappa shape index (κ1) is 28.3. The fourth-order valence-corrected chi connectivity index (χ4v) is 7.87. The maximum Gasteiger partial charge on any atom is 0.226 e. The molecular formula is C45H24ClN3O2. The Bertz CT molecular complexity index is 3200. The van der Waals surface area contributed by atoms with E-state index in [9.17, 15) is 0 Å². The molecule has 0 amide bonds. The van der Waals surface area contributed by atoms with Gasteiger partial charge in [-0.15, -0.1) is 0 Å². The maximum atomic E-state index is 6.60. The molecule has 0 saturated carbocycles. The number of furan rings is 2. The fraction of sp³-hybridized carbons (Fsp3) is 0. The Balaban J connectivity index is 1.04. The largest absolute Gasteiger partial charge is 0.456 e. The quantitative estimate of drug-likeness (QED) is 0.175. The third-order valence-electron chi connectivity index (χ3n) is 10.1. The van der Waals surface area contributed by atoms with Gasteiger partial charge in [-0.05, 0) is 91.9 Å². The van der Waals surface area contributed by atoms with Crippen LogP contribution in [0.2, 0.25) is 5.28 Å². The Kier molecular flexibility index (Phi) is 5.95. The molecule has 11 rings (SSSR count). The van der Waals surface area contributed by atoms with E-state index in [1.807, 2.05) is 36.4 Å². The molecule has 0 aliphatic heterocycles. The first-order chi connectivity index (χ1) is 25.2. The van der Waals surface area contributed by atoms with Gasteiger partial charge in [-0.25, -0.2) is 4.98 Å². The molecular weight excluding hydrogens is 650 g/mol. The average Bonchev–Trinajstić information content (AvgIpc) is 3.75. The van der Waals surface area contributed by atoms with Crippen molar-refractivity contribution in [3.05, 3.63) is 151 Å². The summed E-state index contributed by atoms with van der Waals surface area (Å²) in [6.07, 6.45) is 0. The van der Waals surface area contributed by atoms with Gasteiger partial charge in [0.15, 0.2) is 11.6 Å². The molecule has 5 nitrogen and oxygen atoms in total. The van der Waals surface area contributed by atoms with E-state index in [-0.39, 0.29) is 5.28 Å². The summed E-state index contributed by atoms with van der Waals surface area (Å²) in [5.41, 5.74) is 7.11. The van der Waals surface area contributed by atoms with E-state index < -0.39 is 0 Å². The van der Waals surface area contributed by atoms with Gasteiger partial charge in [0, 0.05) is 38.2 Å². The number of hydrogen-bond donors (Lipinski definition) is 0. The summed E-state index contributed by atoms with van der Waals surface area (Å²) in [5.74, 6) is 1.02. The number of hydrogen-bond acceptors (Lipinski definition) is 5. The molecule has 11 aromatic rings. The van der Waals surface area contributed by atoms with Gasteiger partial charge in [0.25, 0.3) is 0 Å². The van der Waals surface area contributed by atoms with Crippen molar-refractivity contribution in [2.75, 3.05) is 0 Å². The zero-order valence-corrected chi connectivity index (χ0v) is 27.6. The lowest BCUT2D eigenvalue weighted by Crippen LogP contribution is -1.97. The smallest absolute Gasteiger partial charge is 0.226 e. The SMILES string of the molecule is Clc1nc(-c2ccc3oc4c(-c5ccc6oc7ccccc7c6c5)cccc4c3c2)nc(-c2ccc3c4ccccc4c4ccccc4c3c2)n1. The molecule has 0 N–H and O–H groups in total. The Morgan fingerprint density at radius 1 is 0.353 bits per heavy atom. The highest BCUT2D eigenvalue weighted by Gasteiger charge is 2.17. The summed E-state index contributed by atoms with van der Waals surface area (Å²) in [6, 6.07) is 50.2. The first-order valence-corrected chi connectivity index (χ1v) is 17.2. The van der Waals surface area contributed by atoms with Gasteiger partial charge in [-0.3, -0.25) is 0 Å². The molecule has 0 unspecified atom stereocenters. The fourth-order valence-electron chi connectivity index (χ4n) is 7.71. The molecule has 0 aliphatic rings. The van der Waals surface area contributed by atoms with Crippen molar-refractivity contribution in [1.82, 2.24) is 15.0 Å². The van der Waals surface area contributed by atoms with E-state index in [0.29, 0.717) is 11.6 Å². The lowest BCUT2D eigenvalue weighted by molar-refractivity contribution is 0.668. The van der Waals surface area contributed by atoms with Crippen LogP contribution in [0.1, 0.15) is 0 Å². The summed E-state index contributed by atoms with van der Waals surface area (Å²) < 4.78 is 12.6. The molecule has 3 aromatic heterocycles. The molecule has 8 aromatic carbocycles. The van der Waals surface area contributed by atoms with Gasteiger partial charge in [-0.1, -0.05) is 103 Å². The van der Waals surface area contributed by atoms with Crippen LogP contribution >= 0.6 is 11.6 Å². The molecule has 0 radical (unpaired) electrons. The Morgan fingerprint density at radius 2 is 0.843 bits per heavy atom. The zero-order valence-electron chi connectivity index (χ0n) is 26.9. The second kappa shape index (κ2) is 10.7. The van der Waals surface area contributed by atoms with Gasteiger partial charge in [0.2, 0.25) is 5.28 Å². The van der Waals surface area contributed by atoms with Gasteiger partial charge in [-0.2, -0.15) is 9.97 Å². The van der Waals surface area contributed by atoms with E-state index in [1.54, 1.807) is 0 Å². The molecule has 0 bridgehead atoms. The van der Waals surface area contributed by atoms with Gasteiger partial charge in [0.05, 0.1) is 0 Å². The Hall–Kier alpha value is -6.56. The highest BCUT2D eigenvalue weighted by Crippen LogP contribution is 2.40. The number of aromatic nitrogens is 3. The van der Waals surface area contributed by atoms with Crippen LogP contribution in [0.5, 0.6) is 0 Å². The number of fused-ring (bicyclic) bond motifs is 12. The number of halogens is 1. The molecule has 51 heavy (non-hydrogen) atoms. The maximum absolute atomic E-state index is 6.60. The molecule has 0 fully saturated rings. The highest BCUT2D eigenvalue weighted by molar-refractivity contribution is 6.28. The van der Waals surface area contributed by atoms with Crippen LogP contribution in [0, 0.1) is 0 Å². The van der Waals surface area contributed by atoms with Gasteiger partial charge >= 0.3 is 0 Å². The van der Waals surface area contributed by atoms with Crippen LogP contribution in [-0.4, -0.2) is 15.0 Å². The molecule has 0 aliphatic carbocycles. The van der Waals surface area contributed by atoms with Crippen LogP contribution in [0.3, 0.4) is 0 Å². The molecule has 238 valence electrons. The summed E-state index contributed by atoms with van der Waals surface area (Å²) in [7, 11) is 0. The standard InChI is InChI=1S/C45H24ClN3O2/c46-45-48-43(26-16-19-33-31-10-2-1-8-29(31)30-9-3-4-11-32(30)36(33)23-26)47-44(49-45)27-18-21-41-38(24-27)35-14-7-13-28(42(35)51-41)25-17-20-40-37(22-25)34-12-5-6-15-39(34)50-40/h1-24H. The third kappa shape index (κ3) is 4.32. The van der Waals surface area contributed by atoms with Crippen LogP contribution in [0.25, 0.3) is 110 Å². The Morgan fingerprint density at radius 3 is 1.57 bits per heavy atom. The van der Waals surface area contributed by atoms with Crippen molar-refractivity contribution in [2.45, 2.75) is 0 Å². The van der Waals surface area contributed by atoms with Crippen molar-refractivity contribution in [2.24, 2.45) is 0 Å². The lowest BCUT2D eigenvalue weighted by Gasteiger charge is -2.12. The van der Waals surface area contributed by atoms with E-state index in [4.69, 9.17) is 25.4 Å². The van der Waals surface area contributed by atoms with Crippen molar-refractivity contribution < 1.29 is 8.83 Å². The monoisotopic (exact) mass is 673 g/mol. The average molecular weight is 674 g/mol. The van der Waals surface area contributed by atoms with E-state index in [1.165, 1.54) is 26.9 Å². The predicted molar refractivity (Wildman–Crippen MR) is 208 cm³/mol. The second-order valence-corrected chi connectivity index (χ2v) is 13.2. The predicted octanol–water partition coefficient (Wildman–Crippen LogP) is 12.8. The molecule has 0 atom stereocenters. The van der Waals surface area contributed by atoms with E-state index in [2.05, 4.69) is 119 Å². The number of rotatable bonds is 3. The molecule has 6 heteroatoms. The number of para-hydroxylation sites is 2. The minimum Gasteiger partial charge on any atom is -0.456 e. The zero-order chi connectivity index (χ0) is 33.6.